The van der Waals surface area contributed by atoms with Gasteiger partial charge in [0.25, 0.3) is 0 Å². The first-order chi connectivity index (χ1) is 9.22. The average molecular weight is 257 g/mol. The molecule has 0 aliphatic heterocycles. The van der Waals surface area contributed by atoms with E-state index < -0.39 is 0 Å². The van der Waals surface area contributed by atoms with Crippen LogP contribution in [0, 0.1) is 6.92 Å². The second-order valence-electron chi connectivity index (χ2n) is 5.45. The van der Waals surface area contributed by atoms with Gasteiger partial charge in [-0.2, -0.15) is 4.98 Å². The molecular formula is C15H19N3O. The summed E-state index contributed by atoms with van der Waals surface area (Å²) in [7, 11) is 0. The van der Waals surface area contributed by atoms with E-state index >= 15 is 0 Å². The van der Waals surface area contributed by atoms with E-state index in [1.54, 1.807) is 0 Å². The molecule has 2 N–H and O–H groups in total. The maximum atomic E-state index is 6.01. The van der Waals surface area contributed by atoms with Crippen molar-refractivity contribution in [3.63, 3.8) is 0 Å². The number of aryl methyl sites for hydroxylation is 1. The summed E-state index contributed by atoms with van der Waals surface area (Å²) >= 11 is 0. The van der Waals surface area contributed by atoms with Gasteiger partial charge in [-0.15, -0.1) is 0 Å². The van der Waals surface area contributed by atoms with E-state index in [0.29, 0.717) is 11.7 Å². The van der Waals surface area contributed by atoms with Gasteiger partial charge in [0.1, 0.15) is 0 Å². The molecule has 2 unspecified atom stereocenters. The molecular weight excluding hydrogens is 238 g/mol. The molecule has 0 amide bonds. The summed E-state index contributed by atoms with van der Waals surface area (Å²) in [5.74, 6) is 1.75. The largest absolute Gasteiger partial charge is 0.339 e. The molecule has 1 aromatic heterocycles. The lowest BCUT2D eigenvalue weighted by atomic mass is 9.86. The molecule has 1 fully saturated rings. The Balaban J connectivity index is 1.81. The van der Waals surface area contributed by atoms with Gasteiger partial charge in [-0.3, -0.25) is 0 Å². The molecule has 0 saturated heterocycles. The quantitative estimate of drug-likeness (QED) is 0.898. The van der Waals surface area contributed by atoms with Gasteiger partial charge < -0.3 is 10.3 Å². The monoisotopic (exact) mass is 257 g/mol. The molecule has 0 radical (unpaired) electrons. The fourth-order valence-electron chi connectivity index (χ4n) is 2.67. The second kappa shape index (κ2) is 5.13. The van der Waals surface area contributed by atoms with E-state index in [0.717, 1.165) is 37.1 Å². The summed E-state index contributed by atoms with van der Waals surface area (Å²) in [5.41, 5.74) is 8.24. The Morgan fingerprint density at radius 1 is 1.21 bits per heavy atom. The van der Waals surface area contributed by atoms with Gasteiger partial charge in [-0.05, 0) is 26.2 Å². The van der Waals surface area contributed by atoms with Crippen LogP contribution in [-0.2, 0) is 0 Å². The van der Waals surface area contributed by atoms with E-state index in [1.165, 1.54) is 5.56 Å². The molecule has 4 nitrogen and oxygen atoms in total. The first kappa shape index (κ1) is 12.4. The molecule has 0 spiro atoms. The zero-order chi connectivity index (χ0) is 13.2. The van der Waals surface area contributed by atoms with Crippen molar-refractivity contribution in [2.45, 2.75) is 44.6 Å². The molecule has 19 heavy (non-hydrogen) atoms. The highest BCUT2D eigenvalue weighted by atomic mass is 16.5. The van der Waals surface area contributed by atoms with Crippen molar-refractivity contribution in [1.29, 1.82) is 0 Å². The van der Waals surface area contributed by atoms with Gasteiger partial charge in [0, 0.05) is 17.5 Å². The predicted molar refractivity (Wildman–Crippen MR) is 73.7 cm³/mol. The zero-order valence-electron chi connectivity index (χ0n) is 11.2. The molecule has 1 aliphatic rings. The van der Waals surface area contributed by atoms with Crippen LogP contribution < -0.4 is 5.73 Å². The number of hydrogen-bond donors (Lipinski definition) is 1. The molecule has 1 heterocycles. The number of aromatic nitrogens is 2. The Morgan fingerprint density at radius 2 is 2.00 bits per heavy atom. The normalized spacial score (nSPS) is 23.5. The summed E-state index contributed by atoms with van der Waals surface area (Å²) < 4.78 is 5.42. The van der Waals surface area contributed by atoms with Crippen molar-refractivity contribution < 1.29 is 4.52 Å². The molecule has 0 bridgehead atoms. The summed E-state index contributed by atoms with van der Waals surface area (Å²) in [6, 6.07) is 8.44. The van der Waals surface area contributed by atoms with E-state index in [-0.39, 0.29) is 6.04 Å². The van der Waals surface area contributed by atoms with Gasteiger partial charge in [-0.1, -0.05) is 41.4 Å². The molecule has 2 atom stereocenters. The topological polar surface area (TPSA) is 64.9 Å². The highest BCUT2D eigenvalue weighted by Gasteiger charge is 2.25. The fraction of sp³-hybridized carbons (Fsp3) is 0.467. The van der Waals surface area contributed by atoms with Crippen LogP contribution in [0.5, 0.6) is 0 Å². The first-order valence-electron chi connectivity index (χ1n) is 6.88. The third-order valence-corrected chi connectivity index (χ3v) is 3.82. The van der Waals surface area contributed by atoms with Crippen molar-refractivity contribution >= 4 is 0 Å². The van der Waals surface area contributed by atoms with E-state index in [2.05, 4.69) is 29.2 Å². The zero-order valence-corrected chi connectivity index (χ0v) is 11.2. The highest BCUT2D eigenvalue weighted by molar-refractivity contribution is 5.54. The molecule has 100 valence electrons. The van der Waals surface area contributed by atoms with Crippen LogP contribution in [-0.4, -0.2) is 16.2 Å². The van der Waals surface area contributed by atoms with Crippen LogP contribution in [0.25, 0.3) is 11.4 Å². The molecule has 1 saturated carbocycles. The first-order valence-corrected chi connectivity index (χ1v) is 6.88. The molecule has 1 aliphatic carbocycles. The number of hydrogen-bond acceptors (Lipinski definition) is 4. The number of rotatable bonds is 2. The molecule has 1 aromatic carbocycles. The van der Waals surface area contributed by atoms with Crippen LogP contribution in [0.4, 0.5) is 0 Å². The maximum Gasteiger partial charge on any atom is 0.230 e. The third-order valence-electron chi connectivity index (χ3n) is 3.82. The average Bonchev–Trinajstić information content (AvgIpc) is 2.89. The molecule has 3 rings (SSSR count). The Kier molecular flexibility index (Phi) is 3.34. The summed E-state index contributed by atoms with van der Waals surface area (Å²) in [6.45, 7) is 2.06. The van der Waals surface area contributed by atoms with Gasteiger partial charge in [0.2, 0.25) is 11.7 Å². The third kappa shape index (κ3) is 2.68. The minimum absolute atomic E-state index is 0.272. The standard InChI is InChI=1S/C15H19N3O/c1-10-5-7-11(8-6-10)14-17-15(19-18-14)12-3-2-4-13(16)9-12/h5-8,12-13H,2-4,9,16H2,1H3. The van der Waals surface area contributed by atoms with Crippen molar-refractivity contribution in [2.24, 2.45) is 5.73 Å². The molecule has 2 aromatic rings. The van der Waals surface area contributed by atoms with Crippen LogP contribution in [0.15, 0.2) is 28.8 Å². The lowest BCUT2D eigenvalue weighted by molar-refractivity contribution is 0.299. The second-order valence-corrected chi connectivity index (χ2v) is 5.45. The predicted octanol–water partition coefficient (Wildman–Crippen LogP) is 3.03. The smallest absolute Gasteiger partial charge is 0.230 e. The molecule has 4 heteroatoms. The van der Waals surface area contributed by atoms with Gasteiger partial charge in [-0.25, -0.2) is 0 Å². The van der Waals surface area contributed by atoms with Crippen molar-refractivity contribution in [2.75, 3.05) is 0 Å². The highest BCUT2D eigenvalue weighted by Crippen LogP contribution is 2.32. The Labute approximate surface area is 113 Å². The van der Waals surface area contributed by atoms with Crippen molar-refractivity contribution in [1.82, 2.24) is 10.1 Å². The van der Waals surface area contributed by atoms with Crippen molar-refractivity contribution in [3.05, 3.63) is 35.7 Å². The summed E-state index contributed by atoms with van der Waals surface area (Å²) in [6.07, 6.45) is 4.31. The Hall–Kier alpha value is -1.68. The van der Waals surface area contributed by atoms with E-state index in [1.807, 2.05) is 12.1 Å². The van der Waals surface area contributed by atoms with Crippen LogP contribution in [0.2, 0.25) is 0 Å². The summed E-state index contributed by atoms with van der Waals surface area (Å²) in [5, 5.41) is 4.09. The van der Waals surface area contributed by atoms with Crippen LogP contribution in [0.1, 0.15) is 43.1 Å². The van der Waals surface area contributed by atoms with Gasteiger partial charge in [0.05, 0.1) is 0 Å². The van der Waals surface area contributed by atoms with Crippen molar-refractivity contribution in [3.8, 4) is 11.4 Å². The van der Waals surface area contributed by atoms with Gasteiger partial charge in [0.15, 0.2) is 0 Å². The lowest BCUT2D eigenvalue weighted by Gasteiger charge is -2.23. The number of nitrogens with zero attached hydrogens (tertiary/aromatic N) is 2. The summed E-state index contributed by atoms with van der Waals surface area (Å²) in [4.78, 5) is 4.53. The van der Waals surface area contributed by atoms with Gasteiger partial charge >= 0.3 is 0 Å². The van der Waals surface area contributed by atoms with E-state index in [9.17, 15) is 0 Å². The maximum absolute atomic E-state index is 6.01. The minimum Gasteiger partial charge on any atom is -0.339 e. The fourth-order valence-corrected chi connectivity index (χ4v) is 2.67. The number of benzene rings is 1. The van der Waals surface area contributed by atoms with E-state index in [4.69, 9.17) is 10.3 Å². The van der Waals surface area contributed by atoms with Crippen LogP contribution in [0.3, 0.4) is 0 Å². The Bertz CT molecular complexity index is 547. The number of nitrogens with two attached hydrogens (primary N) is 1. The lowest BCUT2D eigenvalue weighted by Crippen LogP contribution is -2.26. The minimum atomic E-state index is 0.272. The van der Waals surface area contributed by atoms with Crippen LogP contribution >= 0.6 is 0 Å². The Morgan fingerprint density at radius 3 is 2.74 bits per heavy atom. The SMILES string of the molecule is Cc1ccc(-c2noc(C3CCCC(N)C3)n2)cc1.